The molecule has 0 aromatic heterocycles. The van der Waals surface area contributed by atoms with E-state index in [1.807, 2.05) is 26.0 Å². The maximum Gasteiger partial charge on any atom is 0.238 e. The van der Waals surface area contributed by atoms with Crippen LogP contribution in [0.3, 0.4) is 0 Å². The number of primary sulfonamides is 1. The number of carbonyl (C=O) groups excluding carboxylic acids is 1. The van der Waals surface area contributed by atoms with E-state index in [9.17, 15) is 13.2 Å². The molecule has 1 amide bonds. The summed E-state index contributed by atoms with van der Waals surface area (Å²) in [5.74, 6) is -0.108. The van der Waals surface area contributed by atoms with Gasteiger partial charge in [-0.05, 0) is 55.8 Å². The van der Waals surface area contributed by atoms with Crippen molar-refractivity contribution in [1.82, 2.24) is 5.32 Å². The lowest BCUT2D eigenvalue weighted by Gasteiger charge is -2.18. The van der Waals surface area contributed by atoms with Crippen LogP contribution in [-0.2, 0) is 14.8 Å². The number of carbonyl (C=O) groups is 1. The van der Waals surface area contributed by atoms with Gasteiger partial charge in [0.15, 0.2) is 0 Å². The van der Waals surface area contributed by atoms with Gasteiger partial charge in [-0.2, -0.15) is 0 Å². The first-order valence-corrected chi connectivity index (χ1v) is 10.3. The average molecular weight is 399 g/mol. The number of hydrogen-bond acceptors (Lipinski definition) is 4. The quantitative estimate of drug-likeness (QED) is 0.730. The molecular weight excluding hydrogens is 380 g/mol. The zero-order chi connectivity index (χ0) is 18.6. The van der Waals surface area contributed by atoms with Crippen LogP contribution < -0.4 is 10.5 Å². The van der Waals surface area contributed by atoms with Gasteiger partial charge in [0.2, 0.25) is 15.9 Å². The molecule has 25 heavy (non-hydrogen) atoms. The van der Waals surface area contributed by atoms with Gasteiger partial charge in [0, 0.05) is 9.92 Å². The topological polar surface area (TPSA) is 89.3 Å². The van der Waals surface area contributed by atoms with Crippen molar-refractivity contribution in [3.63, 3.8) is 0 Å². The summed E-state index contributed by atoms with van der Waals surface area (Å²) in [5, 5.41) is 8.36. The molecule has 0 spiro atoms. The van der Waals surface area contributed by atoms with Crippen molar-refractivity contribution < 1.29 is 13.2 Å². The van der Waals surface area contributed by atoms with Gasteiger partial charge in [0.1, 0.15) is 0 Å². The Morgan fingerprint density at radius 1 is 1.08 bits per heavy atom. The van der Waals surface area contributed by atoms with Gasteiger partial charge in [-0.3, -0.25) is 4.79 Å². The summed E-state index contributed by atoms with van der Waals surface area (Å²) in [6, 6.07) is 13.2. The highest BCUT2D eigenvalue weighted by Crippen LogP contribution is 2.25. The molecule has 2 aromatic carbocycles. The van der Waals surface area contributed by atoms with Crippen molar-refractivity contribution in [2.45, 2.75) is 34.9 Å². The van der Waals surface area contributed by atoms with Gasteiger partial charge in [0.25, 0.3) is 0 Å². The molecule has 0 saturated carbocycles. The largest absolute Gasteiger partial charge is 0.349 e. The maximum absolute atomic E-state index is 12.4. The Kier molecular flexibility index (Phi) is 6.51. The zero-order valence-electron chi connectivity index (χ0n) is 13.8. The fraction of sp³-hybridized carbons (Fsp3) is 0.235. The summed E-state index contributed by atoms with van der Waals surface area (Å²) in [4.78, 5) is 13.3. The van der Waals surface area contributed by atoms with E-state index in [4.69, 9.17) is 16.7 Å². The highest BCUT2D eigenvalue weighted by Gasteiger charge is 2.18. The molecule has 0 aliphatic carbocycles. The minimum Gasteiger partial charge on any atom is -0.349 e. The van der Waals surface area contributed by atoms with Crippen LogP contribution in [0.2, 0.25) is 5.02 Å². The van der Waals surface area contributed by atoms with Gasteiger partial charge >= 0.3 is 0 Å². The smallest absolute Gasteiger partial charge is 0.238 e. The van der Waals surface area contributed by atoms with Crippen LogP contribution in [0, 0.1) is 0 Å². The lowest BCUT2D eigenvalue weighted by atomic mass is 10.1. The second-order valence-corrected chi connectivity index (χ2v) is 8.97. The van der Waals surface area contributed by atoms with Gasteiger partial charge in [0.05, 0.1) is 16.2 Å². The van der Waals surface area contributed by atoms with Crippen molar-refractivity contribution in [1.29, 1.82) is 0 Å². The maximum atomic E-state index is 12.4. The molecule has 134 valence electrons. The second kappa shape index (κ2) is 8.23. The van der Waals surface area contributed by atoms with Crippen LogP contribution in [-0.4, -0.2) is 19.6 Å². The molecule has 0 radical (unpaired) electrons. The van der Waals surface area contributed by atoms with Crippen LogP contribution >= 0.6 is 23.4 Å². The highest BCUT2D eigenvalue weighted by atomic mass is 35.5. The Morgan fingerprint density at radius 2 is 1.64 bits per heavy atom. The third-order valence-electron chi connectivity index (χ3n) is 3.56. The normalized spacial score (nSPS) is 13.9. The molecule has 0 heterocycles. The van der Waals surface area contributed by atoms with Crippen molar-refractivity contribution in [2.75, 3.05) is 0 Å². The summed E-state index contributed by atoms with van der Waals surface area (Å²) < 4.78 is 22.5. The van der Waals surface area contributed by atoms with Crippen molar-refractivity contribution in [3.05, 3.63) is 59.1 Å². The first-order chi connectivity index (χ1) is 11.7. The summed E-state index contributed by atoms with van der Waals surface area (Å²) in [7, 11) is -3.72. The molecule has 0 aliphatic rings. The Bertz CT molecular complexity index is 837. The van der Waals surface area contributed by atoms with E-state index < -0.39 is 10.0 Å². The lowest BCUT2D eigenvalue weighted by Crippen LogP contribution is -2.33. The van der Waals surface area contributed by atoms with Gasteiger partial charge in [-0.25, -0.2) is 13.6 Å². The molecule has 3 N–H and O–H groups in total. The molecule has 0 unspecified atom stereocenters. The predicted molar refractivity (Wildman–Crippen MR) is 101 cm³/mol. The van der Waals surface area contributed by atoms with E-state index in [0.29, 0.717) is 5.02 Å². The van der Waals surface area contributed by atoms with Crippen LogP contribution in [0.15, 0.2) is 58.3 Å². The van der Waals surface area contributed by atoms with E-state index in [1.54, 1.807) is 24.3 Å². The number of thioether (sulfide) groups is 1. The third-order valence-corrected chi connectivity index (χ3v) is 5.86. The molecule has 0 saturated heterocycles. The van der Waals surface area contributed by atoms with Gasteiger partial charge in [-0.15, -0.1) is 11.8 Å². The Labute approximate surface area is 157 Å². The van der Waals surface area contributed by atoms with Gasteiger partial charge in [-0.1, -0.05) is 23.7 Å². The Balaban J connectivity index is 1.97. The van der Waals surface area contributed by atoms with Crippen LogP contribution in [0.1, 0.15) is 25.5 Å². The molecule has 2 aromatic rings. The summed E-state index contributed by atoms with van der Waals surface area (Å²) in [6.45, 7) is 3.66. The molecule has 2 rings (SSSR count). The number of hydrogen-bond donors (Lipinski definition) is 2. The Morgan fingerprint density at radius 3 is 2.16 bits per heavy atom. The fourth-order valence-electron chi connectivity index (χ4n) is 2.13. The molecular formula is C17H19ClN2O3S2. The molecule has 5 nitrogen and oxygen atoms in total. The second-order valence-electron chi connectivity index (χ2n) is 5.56. The Hall–Kier alpha value is -1.54. The SMILES string of the molecule is C[C@H](Sc1ccc(Cl)cc1)C(=O)N[C@@H](C)c1ccc(S(N)(=O)=O)cc1. The monoisotopic (exact) mass is 398 g/mol. The predicted octanol–water partition coefficient (Wildman–Crippen LogP) is 3.35. The zero-order valence-corrected chi connectivity index (χ0v) is 16.2. The van der Waals surface area contributed by atoms with E-state index in [-0.39, 0.29) is 22.1 Å². The van der Waals surface area contributed by atoms with E-state index >= 15 is 0 Å². The summed E-state index contributed by atoms with van der Waals surface area (Å²) in [5.41, 5.74) is 0.796. The minimum absolute atomic E-state index is 0.0430. The van der Waals surface area contributed by atoms with E-state index in [2.05, 4.69) is 5.32 Å². The van der Waals surface area contributed by atoms with Crippen molar-refractivity contribution in [3.8, 4) is 0 Å². The standard InChI is InChI=1S/C17H19ClN2O3S2/c1-11(13-3-9-16(10-4-13)25(19,22)23)20-17(21)12(2)24-15-7-5-14(18)6-8-15/h3-12H,1-2H3,(H,20,21)(H2,19,22,23)/t11-,12-/m0/s1. The molecule has 2 atom stereocenters. The number of nitrogens with one attached hydrogen (secondary N) is 1. The molecule has 0 aliphatic heterocycles. The third kappa shape index (κ3) is 5.74. The number of nitrogens with two attached hydrogens (primary N) is 1. The van der Waals surface area contributed by atoms with E-state index in [0.717, 1.165) is 10.5 Å². The molecule has 0 fully saturated rings. The highest BCUT2D eigenvalue weighted by molar-refractivity contribution is 8.00. The number of rotatable bonds is 6. The summed E-state index contributed by atoms with van der Waals surface area (Å²) in [6.07, 6.45) is 0. The van der Waals surface area contributed by atoms with Gasteiger partial charge < -0.3 is 5.32 Å². The lowest BCUT2D eigenvalue weighted by molar-refractivity contribution is -0.120. The van der Waals surface area contributed by atoms with Crippen molar-refractivity contribution in [2.24, 2.45) is 5.14 Å². The van der Waals surface area contributed by atoms with Crippen LogP contribution in [0.4, 0.5) is 0 Å². The number of amides is 1. The van der Waals surface area contributed by atoms with Crippen LogP contribution in [0.25, 0.3) is 0 Å². The minimum atomic E-state index is -3.72. The number of halogens is 1. The molecule has 0 bridgehead atoms. The number of sulfonamides is 1. The van der Waals surface area contributed by atoms with Crippen molar-refractivity contribution >= 4 is 39.3 Å². The summed E-state index contributed by atoms with van der Waals surface area (Å²) >= 11 is 7.29. The number of benzene rings is 2. The average Bonchev–Trinajstić information content (AvgIpc) is 2.56. The first kappa shape index (κ1) is 19.8. The first-order valence-electron chi connectivity index (χ1n) is 7.52. The fourth-order valence-corrected chi connectivity index (χ4v) is 3.65. The van der Waals surface area contributed by atoms with E-state index in [1.165, 1.54) is 23.9 Å². The molecule has 8 heteroatoms. The van der Waals surface area contributed by atoms with Crippen LogP contribution in [0.5, 0.6) is 0 Å².